The van der Waals surface area contributed by atoms with Gasteiger partial charge in [0, 0.05) is 21.7 Å². The number of methoxy groups -OCH3 is 1. The van der Waals surface area contributed by atoms with E-state index >= 15 is 0 Å². The summed E-state index contributed by atoms with van der Waals surface area (Å²) in [6.07, 6.45) is 0. The fourth-order valence-corrected chi connectivity index (χ4v) is 4.06. The zero-order valence-electron chi connectivity index (χ0n) is 19.2. The number of furan rings is 1. The Bertz CT molecular complexity index is 1530. The lowest BCUT2D eigenvalue weighted by atomic mass is 10.0. The third-order valence-electron chi connectivity index (χ3n) is 5.70. The van der Waals surface area contributed by atoms with Gasteiger partial charge in [-0.15, -0.1) is 0 Å². The first-order valence-electron chi connectivity index (χ1n) is 11.2. The van der Waals surface area contributed by atoms with Gasteiger partial charge in [-0.05, 0) is 37.3 Å². The van der Waals surface area contributed by atoms with E-state index in [1.807, 2.05) is 54.6 Å². The Morgan fingerprint density at radius 3 is 2.17 bits per heavy atom. The quantitative estimate of drug-likeness (QED) is 0.206. The van der Waals surface area contributed by atoms with Crippen LogP contribution in [-0.2, 0) is 4.74 Å². The second-order valence-electron chi connectivity index (χ2n) is 7.81. The number of esters is 2. The van der Waals surface area contributed by atoms with Crippen LogP contribution in [0.3, 0.4) is 0 Å². The predicted molar refractivity (Wildman–Crippen MR) is 133 cm³/mol. The average molecular weight is 466 g/mol. The van der Waals surface area contributed by atoms with E-state index < -0.39 is 11.9 Å². The molecule has 6 heteroatoms. The summed E-state index contributed by atoms with van der Waals surface area (Å²) in [5, 5.41) is 1.92. The van der Waals surface area contributed by atoms with Crippen LogP contribution in [-0.4, -0.2) is 25.7 Å². The van der Waals surface area contributed by atoms with E-state index in [4.69, 9.17) is 18.6 Å². The summed E-state index contributed by atoms with van der Waals surface area (Å²) >= 11 is 0. The van der Waals surface area contributed by atoms with Gasteiger partial charge in [0.2, 0.25) is 0 Å². The SMILES string of the molecule is CCOC(=O)c1c(-c2ccccc2)oc2c1cc(OC(=O)c1ccc(OC)cc1)c1ccccc12. The highest BCUT2D eigenvalue weighted by Crippen LogP contribution is 2.41. The maximum absolute atomic E-state index is 13.1. The zero-order valence-corrected chi connectivity index (χ0v) is 19.2. The standard InChI is InChI=1S/C29H22O6/c1-3-33-29(31)25-23-17-24(34-28(30)19-13-15-20(32-2)16-14-19)21-11-7-8-12-22(21)27(23)35-26(25)18-9-5-4-6-10-18/h4-17H,3H2,1-2H3. The van der Waals surface area contributed by atoms with Crippen molar-refractivity contribution in [2.75, 3.05) is 13.7 Å². The van der Waals surface area contributed by atoms with Gasteiger partial charge in [-0.3, -0.25) is 0 Å². The van der Waals surface area contributed by atoms with Crippen LogP contribution in [0, 0.1) is 0 Å². The summed E-state index contributed by atoms with van der Waals surface area (Å²) in [6, 6.07) is 25.1. The van der Waals surface area contributed by atoms with Crippen LogP contribution < -0.4 is 9.47 Å². The maximum Gasteiger partial charge on any atom is 0.343 e. The van der Waals surface area contributed by atoms with Crippen LogP contribution in [0.4, 0.5) is 0 Å². The van der Waals surface area contributed by atoms with Gasteiger partial charge in [0.05, 0.1) is 19.3 Å². The molecule has 0 aliphatic rings. The third kappa shape index (κ3) is 4.10. The Balaban J connectivity index is 1.70. The molecule has 0 radical (unpaired) electrons. The second kappa shape index (κ2) is 9.35. The smallest absolute Gasteiger partial charge is 0.343 e. The fraction of sp³-hybridized carbons (Fsp3) is 0.103. The fourth-order valence-electron chi connectivity index (χ4n) is 4.06. The first-order chi connectivity index (χ1) is 17.1. The molecule has 0 bridgehead atoms. The van der Waals surface area contributed by atoms with Crippen molar-refractivity contribution in [1.29, 1.82) is 0 Å². The van der Waals surface area contributed by atoms with Crippen molar-refractivity contribution in [2.24, 2.45) is 0 Å². The van der Waals surface area contributed by atoms with Crippen LogP contribution in [0.1, 0.15) is 27.6 Å². The Hall–Kier alpha value is -4.58. The third-order valence-corrected chi connectivity index (χ3v) is 5.70. The monoisotopic (exact) mass is 466 g/mol. The van der Waals surface area contributed by atoms with Crippen molar-refractivity contribution in [3.8, 4) is 22.8 Å². The van der Waals surface area contributed by atoms with Gasteiger partial charge in [-0.2, -0.15) is 0 Å². The van der Waals surface area contributed by atoms with E-state index in [0.717, 1.165) is 10.9 Å². The van der Waals surface area contributed by atoms with Crippen molar-refractivity contribution < 1.29 is 28.2 Å². The van der Waals surface area contributed by atoms with E-state index in [0.29, 0.717) is 44.7 Å². The van der Waals surface area contributed by atoms with Crippen molar-refractivity contribution in [3.63, 3.8) is 0 Å². The Morgan fingerprint density at radius 2 is 1.49 bits per heavy atom. The van der Waals surface area contributed by atoms with Gasteiger partial charge in [0.15, 0.2) is 0 Å². The van der Waals surface area contributed by atoms with Gasteiger partial charge in [-0.25, -0.2) is 9.59 Å². The van der Waals surface area contributed by atoms with E-state index in [1.165, 1.54) is 0 Å². The molecule has 174 valence electrons. The van der Waals surface area contributed by atoms with Crippen LogP contribution in [0.5, 0.6) is 11.5 Å². The molecule has 0 aliphatic carbocycles. The van der Waals surface area contributed by atoms with Crippen LogP contribution in [0.2, 0.25) is 0 Å². The number of rotatable bonds is 6. The molecule has 6 nitrogen and oxygen atoms in total. The number of hydrogen-bond donors (Lipinski definition) is 0. The zero-order chi connectivity index (χ0) is 24.4. The minimum absolute atomic E-state index is 0.215. The predicted octanol–water partition coefficient (Wildman–Crippen LogP) is 6.66. The lowest BCUT2D eigenvalue weighted by Crippen LogP contribution is -2.09. The average Bonchev–Trinajstić information content (AvgIpc) is 3.29. The summed E-state index contributed by atoms with van der Waals surface area (Å²) in [7, 11) is 1.56. The van der Waals surface area contributed by atoms with Crippen molar-refractivity contribution in [1.82, 2.24) is 0 Å². The number of fused-ring (bicyclic) bond motifs is 3. The highest BCUT2D eigenvalue weighted by atomic mass is 16.5. The van der Waals surface area contributed by atoms with E-state index in [2.05, 4.69) is 0 Å². The van der Waals surface area contributed by atoms with Gasteiger partial charge >= 0.3 is 11.9 Å². The molecule has 0 unspecified atom stereocenters. The summed E-state index contributed by atoms with van der Waals surface area (Å²) in [5.74, 6) is 0.330. The Morgan fingerprint density at radius 1 is 0.800 bits per heavy atom. The lowest BCUT2D eigenvalue weighted by molar-refractivity contribution is 0.0528. The highest BCUT2D eigenvalue weighted by Gasteiger charge is 2.26. The summed E-state index contributed by atoms with van der Waals surface area (Å²) in [6.45, 7) is 1.96. The topological polar surface area (TPSA) is 75.0 Å². The Labute approximate surface area is 201 Å². The minimum atomic E-state index is -0.526. The molecule has 0 atom stereocenters. The molecular weight excluding hydrogens is 444 g/mol. The largest absolute Gasteiger partial charge is 0.497 e. The van der Waals surface area contributed by atoms with Crippen LogP contribution in [0.25, 0.3) is 33.1 Å². The number of carbonyl (C=O) groups excluding carboxylic acids is 2. The van der Waals surface area contributed by atoms with Crippen LogP contribution >= 0.6 is 0 Å². The van der Waals surface area contributed by atoms with Gasteiger partial charge in [0.25, 0.3) is 0 Å². The molecule has 5 rings (SSSR count). The highest BCUT2D eigenvalue weighted by molar-refractivity contribution is 6.17. The van der Waals surface area contributed by atoms with E-state index in [1.54, 1.807) is 44.4 Å². The number of benzene rings is 4. The summed E-state index contributed by atoms with van der Waals surface area (Å²) in [5.41, 5.74) is 1.93. The van der Waals surface area contributed by atoms with Gasteiger partial charge < -0.3 is 18.6 Å². The molecular formula is C29H22O6. The maximum atomic E-state index is 13.1. The van der Waals surface area contributed by atoms with E-state index in [9.17, 15) is 9.59 Å². The van der Waals surface area contributed by atoms with Crippen molar-refractivity contribution in [2.45, 2.75) is 6.92 Å². The molecule has 0 spiro atoms. The molecule has 0 aliphatic heterocycles. The molecule has 0 fully saturated rings. The van der Waals surface area contributed by atoms with Crippen LogP contribution in [0.15, 0.2) is 89.3 Å². The molecule has 0 saturated heterocycles. The van der Waals surface area contributed by atoms with E-state index in [-0.39, 0.29) is 6.61 Å². The molecule has 1 aromatic heterocycles. The molecule has 35 heavy (non-hydrogen) atoms. The van der Waals surface area contributed by atoms with Crippen molar-refractivity contribution >= 4 is 33.7 Å². The first kappa shape index (κ1) is 22.2. The molecule has 4 aromatic carbocycles. The number of carbonyl (C=O) groups is 2. The summed E-state index contributed by atoms with van der Waals surface area (Å²) < 4.78 is 22.6. The second-order valence-corrected chi connectivity index (χ2v) is 7.81. The summed E-state index contributed by atoms with van der Waals surface area (Å²) in [4.78, 5) is 26.0. The van der Waals surface area contributed by atoms with Gasteiger partial charge in [0.1, 0.15) is 28.4 Å². The number of hydrogen-bond acceptors (Lipinski definition) is 6. The Kier molecular flexibility index (Phi) is 5.94. The molecule has 0 N–H and O–H groups in total. The first-order valence-corrected chi connectivity index (χ1v) is 11.2. The minimum Gasteiger partial charge on any atom is -0.497 e. The normalized spacial score (nSPS) is 10.9. The molecule has 0 amide bonds. The molecule has 1 heterocycles. The number of ether oxygens (including phenoxy) is 3. The lowest BCUT2D eigenvalue weighted by Gasteiger charge is -2.09. The van der Waals surface area contributed by atoms with Crippen molar-refractivity contribution in [3.05, 3.63) is 96.1 Å². The molecule has 5 aromatic rings. The molecule has 0 saturated carbocycles. The van der Waals surface area contributed by atoms with Gasteiger partial charge in [-0.1, -0.05) is 54.6 Å².